The quantitative estimate of drug-likeness (QED) is 0.605. The van der Waals surface area contributed by atoms with Crippen LogP contribution in [0, 0.1) is 0 Å². The van der Waals surface area contributed by atoms with Crippen LogP contribution >= 0.6 is 0 Å². The molecule has 0 amide bonds. The van der Waals surface area contributed by atoms with Crippen molar-refractivity contribution in [2.24, 2.45) is 0 Å². The monoisotopic (exact) mass is 447 g/mol. The number of fused-ring (bicyclic) bond motifs is 3. The average molecular weight is 447 g/mol. The van der Waals surface area contributed by atoms with Crippen LogP contribution in [-0.2, 0) is 0 Å². The van der Waals surface area contributed by atoms with E-state index in [1.165, 1.54) is 0 Å². The van der Waals surface area contributed by atoms with Crippen LogP contribution < -0.4 is 29.1 Å². The molecule has 2 aliphatic heterocycles. The highest BCUT2D eigenvalue weighted by atomic mass is 16.5. The van der Waals surface area contributed by atoms with Crippen molar-refractivity contribution < 1.29 is 23.7 Å². The predicted octanol–water partition coefficient (Wildman–Crippen LogP) is 4.11. The van der Waals surface area contributed by atoms with Gasteiger partial charge in [0.1, 0.15) is 0 Å². The number of ether oxygens (including phenoxy) is 5. The minimum absolute atomic E-state index is 0.0943. The van der Waals surface area contributed by atoms with Crippen molar-refractivity contribution in [1.29, 1.82) is 0 Å². The summed E-state index contributed by atoms with van der Waals surface area (Å²) in [6.45, 7) is 0. The highest BCUT2D eigenvalue weighted by Gasteiger charge is 2.42. The zero-order valence-corrected chi connectivity index (χ0v) is 18.9. The lowest BCUT2D eigenvalue weighted by Gasteiger charge is -2.39. The fourth-order valence-electron chi connectivity index (χ4n) is 4.30. The number of hydrazine groups is 1. The lowest BCUT2D eigenvalue weighted by Crippen LogP contribution is -2.43. The van der Waals surface area contributed by atoms with Gasteiger partial charge >= 0.3 is 0 Å². The van der Waals surface area contributed by atoms with Crippen molar-refractivity contribution in [3.8, 4) is 28.7 Å². The SMILES string of the molecule is COc1cc(C2Oc3c(OC)cccc3C3C=C(c4cccnc4)NN32)cc(OC)c1OC. The first-order valence-electron chi connectivity index (χ1n) is 10.5. The van der Waals surface area contributed by atoms with Gasteiger partial charge in [-0.1, -0.05) is 12.1 Å². The van der Waals surface area contributed by atoms with Gasteiger partial charge < -0.3 is 29.1 Å². The fraction of sp³-hybridized carbons (Fsp3) is 0.240. The summed E-state index contributed by atoms with van der Waals surface area (Å²) in [6.07, 6.45) is 5.26. The molecule has 2 atom stereocenters. The molecule has 3 heterocycles. The molecule has 2 aromatic carbocycles. The standard InChI is InChI=1S/C25H25N3O5/c1-29-20-9-5-8-17-19-13-18(15-7-6-10-26-14-15)27-28(19)25(33-23(17)20)16-11-21(30-2)24(32-4)22(12-16)31-3/h5-14,19,25,27H,1-4H3. The normalized spacial score (nSPS) is 18.8. The number of hydrogen-bond donors (Lipinski definition) is 1. The molecule has 0 saturated carbocycles. The van der Waals surface area contributed by atoms with Crippen molar-refractivity contribution in [2.75, 3.05) is 28.4 Å². The third-order valence-electron chi connectivity index (χ3n) is 5.85. The summed E-state index contributed by atoms with van der Waals surface area (Å²) >= 11 is 0. The van der Waals surface area contributed by atoms with Crippen molar-refractivity contribution in [3.63, 3.8) is 0 Å². The molecule has 1 aromatic heterocycles. The van der Waals surface area contributed by atoms with Crippen LogP contribution in [-0.4, -0.2) is 38.4 Å². The van der Waals surface area contributed by atoms with Crippen LogP contribution in [0.4, 0.5) is 0 Å². The maximum Gasteiger partial charge on any atom is 0.203 e. The molecule has 8 nitrogen and oxygen atoms in total. The molecule has 0 radical (unpaired) electrons. The number of methoxy groups -OCH3 is 4. The second-order valence-corrected chi connectivity index (χ2v) is 7.59. The van der Waals surface area contributed by atoms with Crippen LogP contribution in [0.5, 0.6) is 28.7 Å². The molecule has 2 aliphatic rings. The Morgan fingerprint density at radius 3 is 2.30 bits per heavy atom. The van der Waals surface area contributed by atoms with Crippen molar-refractivity contribution in [2.45, 2.75) is 12.3 Å². The van der Waals surface area contributed by atoms with Crippen LogP contribution in [0.25, 0.3) is 5.70 Å². The van der Waals surface area contributed by atoms with Crippen LogP contribution in [0.15, 0.2) is 60.9 Å². The summed E-state index contributed by atoms with van der Waals surface area (Å²) < 4.78 is 28.8. The van der Waals surface area contributed by atoms with Gasteiger partial charge in [-0.15, -0.1) is 0 Å². The Kier molecular flexibility index (Phi) is 5.43. The van der Waals surface area contributed by atoms with Crippen LogP contribution in [0.3, 0.4) is 0 Å². The lowest BCUT2D eigenvalue weighted by molar-refractivity contribution is -0.0345. The summed E-state index contributed by atoms with van der Waals surface area (Å²) in [5, 5.41) is 2.06. The maximum absolute atomic E-state index is 6.55. The molecule has 1 N–H and O–H groups in total. The Morgan fingerprint density at radius 1 is 0.909 bits per heavy atom. The number of nitrogens with zero attached hydrogens (tertiary/aromatic N) is 2. The Hall–Kier alpha value is -3.91. The van der Waals surface area contributed by atoms with E-state index in [9.17, 15) is 0 Å². The fourth-order valence-corrected chi connectivity index (χ4v) is 4.30. The van der Waals surface area contributed by atoms with Gasteiger partial charge in [0.05, 0.1) is 40.2 Å². The van der Waals surface area contributed by atoms with E-state index in [2.05, 4.69) is 21.5 Å². The number of nitrogens with one attached hydrogen (secondary N) is 1. The van der Waals surface area contributed by atoms with Gasteiger partial charge in [0.15, 0.2) is 29.2 Å². The molecule has 0 saturated heterocycles. The molecule has 3 aromatic rings. The van der Waals surface area contributed by atoms with E-state index in [0.717, 1.165) is 22.4 Å². The van der Waals surface area contributed by atoms with E-state index in [-0.39, 0.29) is 6.04 Å². The van der Waals surface area contributed by atoms with Crippen LogP contribution in [0.2, 0.25) is 0 Å². The second-order valence-electron chi connectivity index (χ2n) is 7.59. The lowest BCUT2D eigenvalue weighted by atomic mass is 10.00. The van der Waals surface area contributed by atoms with Gasteiger partial charge in [0, 0.05) is 29.1 Å². The minimum atomic E-state index is -0.502. The van der Waals surface area contributed by atoms with Crippen LogP contribution in [0.1, 0.15) is 29.0 Å². The zero-order chi connectivity index (χ0) is 22.9. The molecule has 0 aliphatic carbocycles. The van der Waals surface area contributed by atoms with E-state index in [1.807, 2.05) is 48.7 Å². The van der Waals surface area contributed by atoms with Gasteiger partial charge in [0.2, 0.25) is 5.75 Å². The number of pyridine rings is 1. The Labute approximate surface area is 192 Å². The summed E-state index contributed by atoms with van der Waals surface area (Å²) in [7, 11) is 6.42. The first-order chi connectivity index (χ1) is 16.2. The van der Waals surface area contributed by atoms with E-state index >= 15 is 0 Å². The Morgan fingerprint density at radius 2 is 1.67 bits per heavy atom. The molecule has 5 rings (SSSR count). The van der Waals surface area contributed by atoms with Crippen molar-refractivity contribution in [3.05, 3.63) is 77.6 Å². The molecule has 170 valence electrons. The molecule has 0 spiro atoms. The van der Waals surface area contributed by atoms with E-state index in [0.29, 0.717) is 28.7 Å². The minimum Gasteiger partial charge on any atom is -0.493 e. The molecule has 2 unspecified atom stereocenters. The summed E-state index contributed by atoms with van der Waals surface area (Å²) in [5.74, 6) is 3.01. The Balaban J connectivity index is 1.64. The second kappa shape index (κ2) is 8.55. The maximum atomic E-state index is 6.55. The summed E-state index contributed by atoms with van der Waals surface area (Å²) in [6, 6.07) is 13.5. The van der Waals surface area contributed by atoms with E-state index in [4.69, 9.17) is 23.7 Å². The Bertz CT molecular complexity index is 1170. The summed E-state index contributed by atoms with van der Waals surface area (Å²) in [5.41, 5.74) is 7.29. The first-order valence-corrected chi connectivity index (χ1v) is 10.5. The van der Waals surface area contributed by atoms with Gasteiger partial charge in [0.25, 0.3) is 0 Å². The summed E-state index contributed by atoms with van der Waals surface area (Å²) in [4.78, 5) is 4.26. The molecule has 0 bridgehead atoms. The van der Waals surface area contributed by atoms with E-state index < -0.39 is 6.23 Å². The van der Waals surface area contributed by atoms with Crippen molar-refractivity contribution >= 4 is 5.70 Å². The van der Waals surface area contributed by atoms with Gasteiger partial charge in [-0.05, 0) is 36.4 Å². The smallest absolute Gasteiger partial charge is 0.203 e. The third kappa shape index (κ3) is 3.48. The highest BCUT2D eigenvalue weighted by molar-refractivity contribution is 5.67. The van der Waals surface area contributed by atoms with Crippen molar-refractivity contribution in [1.82, 2.24) is 15.4 Å². The molecule has 33 heavy (non-hydrogen) atoms. The number of benzene rings is 2. The topological polar surface area (TPSA) is 74.3 Å². The number of hydrogen-bond acceptors (Lipinski definition) is 8. The molecule has 8 heteroatoms. The zero-order valence-electron chi connectivity index (χ0n) is 18.9. The van der Waals surface area contributed by atoms with Gasteiger partial charge in [-0.2, -0.15) is 5.01 Å². The molecular formula is C25H25N3O5. The first kappa shape index (κ1) is 21.0. The van der Waals surface area contributed by atoms with E-state index in [1.54, 1.807) is 34.6 Å². The largest absolute Gasteiger partial charge is 0.493 e. The number of rotatable bonds is 6. The van der Waals surface area contributed by atoms with Gasteiger partial charge in [-0.3, -0.25) is 4.98 Å². The average Bonchev–Trinajstić information content (AvgIpc) is 3.33. The number of aromatic nitrogens is 1. The molecular weight excluding hydrogens is 422 g/mol. The predicted molar refractivity (Wildman–Crippen MR) is 122 cm³/mol. The third-order valence-corrected chi connectivity index (χ3v) is 5.85. The highest BCUT2D eigenvalue weighted by Crippen LogP contribution is 2.51. The van der Waals surface area contributed by atoms with Gasteiger partial charge in [-0.25, -0.2) is 0 Å². The number of para-hydroxylation sites is 1. The molecule has 0 fully saturated rings.